The van der Waals surface area contributed by atoms with E-state index in [1.54, 1.807) is 0 Å². The van der Waals surface area contributed by atoms with Crippen LogP contribution in [0.5, 0.6) is 0 Å². The summed E-state index contributed by atoms with van der Waals surface area (Å²) >= 11 is 0. The van der Waals surface area contributed by atoms with Crippen molar-refractivity contribution in [3.05, 3.63) is 229 Å². The van der Waals surface area contributed by atoms with E-state index in [-0.39, 0.29) is 5.41 Å². The second-order valence-corrected chi connectivity index (χ2v) is 18.3. The first-order valence-electron chi connectivity index (χ1n) is 23.2. The number of hydrogen-bond acceptors (Lipinski definition) is 3. The number of rotatable bonds is 6. The van der Waals surface area contributed by atoms with Gasteiger partial charge in [-0.3, -0.25) is 0 Å². The zero-order chi connectivity index (χ0) is 44.6. The van der Waals surface area contributed by atoms with Gasteiger partial charge in [0.05, 0.1) is 11.0 Å². The van der Waals surface area contributed by atoms with Crippen LogP contribution in [0.25, 0.3) is 118 Å². The molecule has 2 heterocycles. The number of fused-ring (bicyclic) bond motifs is 8. The molecule has 11 aromatic rings. The first-order valence-corrected chi connectivity index (χ1v) is 23.2. The number of benzene rings is 9. The number of para-hydroxylation sites is 2. The van der Waals surface area contributed by atoms with Crippen LogP contribution in [0.4, 0.5) is 0 Å². The predicted molar refractivity (Wildman–Crippen MR) is 279 cm³/mol. The molecular weight excluding hydrogens is 813 g/mol. The van der Waals surface area contributed by atoms with Crippen LogP contribution < -0.4 is 0 Å². The molecule has 0 bridgehead atoms. The minimum atomic E-state index is -0.173. The quantitative estimate of drug-likeness (QED) is 0.167. The SMILES string of the molecule is CC1(C)c2ccccc2-c2ccc(-c3nc(-c4ccc(-c5ccccc5)c5c4C=CCC=C5)nc(-c4ccc(-c5ccc6c(c5)c5ccccc5n6-c5ccccc5)c5ccccc45)n3)cc21. The van der Waals surface area contributed by atoms with E-state index in [1.165, 1.54) is 55.2 Å². The smallest absolute Gasteiger partial charge is 0.164 e. The Morgan fingerprint density at radius 2 is 0.925 bits per heavy atom. The van der Waals surface area contributed by atoms with Crippen LogP contribution >= 0.6 is 0 Å². The Labute approximate surface area is 389 Å². The van der Waals surface area contributed by atoms with E-state index in [0.29, 0.717) is 17.5 Å². The van der Waals surface area contributed by atoms with Gasteiger partial charge in [-0.2, -0.15) is 0 Å². The van der Waals surface area contributed by atoms with E-state index >= 15 is 0 Å². The molecule has 0 saturated heterocycles. The van der Waals surface area contributed by atoms with Crippen molar-refractivity contribution in [1.29, 1.82) is 0 Å². The third-order valence-electron chi connectivity index (χ3n) is 14.1. The van der Waals surface area contributed by atoms with Crippen LogP contribution in [0.15, 0.2) is 206 Å². The molecule has 2 aliphatic carbocycles. The van der Waals surface area contributed by atoms with Gasteiger partial charge in [0.1, 0.15) is 0 Å². The highest BCUT2D eigenvalue weighted by molar-refractivity contribution is 6.12. The van der Waals surface area contributed by atoms with Gasteiger partial charge in [-0.15, -0.1) is 0 Å². The van der Waals surface area contributed by atoms with E-state index in [2.05, 4.69) is 237 Å². The lowest BCUT2D eigenvalue weighted by atomic mass is 9.82. The Morgan fingerprint density at radius 3 is 1.73 bits per heavy atom. The lowest BCUT2D eigenvalue weighted by Gasteiger charge is -2.22. The molecule has 0 N–H and O–H groups in total. The Hall–Kier alpha value is -8.47. The molecule has 2 aromatic heterocycles. The first kappa shape index (κ1) is 38.9. The summed E-state index contributed by atoms with van der Waals surface area (Å²) in [4.78, 5) is 16.3. The normalized spacial score (nSPS) is 13.5. The van der Waals surface area contributed by atoms with Gasteiger partial charge in [0, 0.05) is 38.6 Å². The molecule has 0 amide bonds. The van der Waals surface area contributed by atoms with Crippen molar-refractivity contribution in [2.45, 2.75) is 25.7 Å². The second kappa shape index (κ2) is 15.3. The summed E-state index contributed by atoms with van der Waals surface area (Å²) in [5.41, 5.74) is 18.4. The number of nitrogens with zero attached hydrogens (tertiary/aromatic N) is 4. The maximum Gasteiger partial charge on any atom is 0.164 e. The molecule has 0 saturated carbocycles. The maximum atomic E-state index is 5.45. The van der Waals surface area contributed by atoms with Gasteiger partial charge in [0.15, 0.2) is 17.5 Å². The number of allylic oxidation sites excluding steroid dienone is 2. The second-order valence-electron chi connectivity index (χ2n) is 18.3. The van der Waals surface area contributed by atoms with Crippen LogP contribution in [0.3, 0.4) is 0 Å². The van der Waals surface area contributed by atoms with E-state index in [1.807, 2.05) is 0 Å². The molecule has 4 heteroatoms. The van der Waals surface area contributed by atoms with Gasteiger partial charge in [-0.1, -0.05) is 184 Å². The standard InChI is InChI=1S/C63H44N4/c1-63(2)56-28-16-14-26-50(56)51-32-30-42(39-57(51)63)60-64-61(53-35-33-44(40-18-6-3-7-19-40)46-22-10-5-11-23-48(46)53)66-62(65-60)54-36-34-45(47-24-12-13-25-49(47)54)41-31-37-59-55(38-41)52-27-15-17-29-58(52)67(59)43-20-8-4-9-21-43/h3-4,6-39H,5H2,1-2H3. The fourth-order valence-corrected chi connectivity index (χ4v) is 10.8. The van der Waals surface area contributed by atoms with Gasteiger partial charge < -0.3 is 4.57 Å². The fourth-order valence-electron chi connectivity index (χ4n) is 10.8. The highest BCUT2D eigenvalue weighted by atomic mass is 15.0. The van der Waals surface area contributed by atoms with Crippen LogP contribution in [-0.4, -0.2) is 19.5 Å². The summed E-state index contributed by atoms with van der Waals surface area (Å²) in [6.45, 7) is 4.64. The fraction of sp³-hybridized carbons (Fsp3) is 0.0635. The topological polar surface area (TPSA) is 43.6 Å². The van der Waals surface area contributed by atoms with Crippen LogP contribution in [0.2, 0.25) is 0 Å². The molecule has 0 radical (unpaired) electrons. The summed E-state index contributed by atoms with van der Waals surface area (Å²) in [6, 6.07) is 70.0. The van der Waals surface area contributed by atoms with E-state index < -0.39 is 0 Å². The van der Waals surface area contributed by atoms with Crippen LogP contribution in [0.1, 0.15) is 42.5 Å². The Bertz CT molecular complexity index is 3850. The molecule has 0 unspecified atom stereocenters. The monoisotopic (exact) mass is 856 g/mol. The summed E-state index contributed by atoms with van der Waals surface area (Å²) in [5.74, 6) is 1.94. The summed E-state index contributed by atoms with van der Waals surface area (Å²) in [5, 5.41) is 4.68. The van der Waals surface area contributed by atoms with Gasteiger partial charge in [-0.25, -0.2) is 15.0 Å². The first-order chi connectivity index (χ1) is 33.0. The third-order valence-corrected chi connectivity index (χ3v) is 14.1. The molecule has 0 aliphatic heterocycles. The van der Waals surface area contributed by atoms with Crippen molar-refractivity contribution < 1.29 is 0 Å². The maximum absolute atomic E-state index is 5.45. The van der Waals surface area contributed by atoms with Crippen molar-refractivity contribution in [3.8, 4) is 73.2 Å². The largest absolute Gasteiger partial charge is 0.309 e. The molecule has 0 spiro atoms. The van der Waals surface area contributed by atoms with Crippen molar-refractivity contribution in [1.82, 2.24) is 19.5 Å². The molecule has 4 nitrogen and oxygen atoms in total. The molecule has 13 rings (SSSR count). The van der Waals surface area contributed by atoms with E-state index in [4.69, 9.17) is 15.0 Å². The zero-order valence-electron chi connectivity index (χ0n) is 37.3. The lowest BCUT2D eigenvalue weighted by Crippen LogP contribution is -2.15. The molecule has 316 valence electrons. The summed E-state index contributed by atoms with van der Waals surface area (Å²) < 4.78 is 2.37. The van der Waals surface area contributed by atoms with Crippen molar-refractivity contribution in [2.24, 2.45) is 0 Å². The Kier molecular flexibility index (Phi) is 8.91. The van der Waals surface area contributed by atoms with Crippen molar-refractivity contribution in [3.63, 3.8) is 0 Å². The van der Waals surface area contributed by atoms with Gasteiger partial charge >= 0.3 is 0 Å². The predicted octanol–water partition coefficient (Wildman–Crippen LogP) is 16.2. The van der Waals surface area contributed by atoms with Gasteiger partial charge in [0.25, 0.3) is 0 Å². The lowest BCUT2D eigenvalue weighted by molar-refractivity contribution is 0.660. The molecule has 2 aliphatic rings. The average Bonchev–Trinajstić information content (AvgIpc) is 3.68. The van der Waals surface area contributed by atoms with Crippen LogP contribution in [0, 0.1) is 0 Å². The highest BCUT2D eigenvalue weighted by Crippen LogP contribution is 2.50. The zero-order valence-corrected chi connectivity index (χ0v) is 37.3. The molecule has 0 fully saturated rings. The van der Waals surface area contributed by atoms with Crippen molar-refractivity contribution >= 4 is 44.7 Å². The molecule has 0 atom stereocenters. The molecular formula is C63H44N4. The molecule has 9 aromatic carbocycles. The highest BCUT2D eigenvalue weighted by Gasteiger charge is 2.35. The summed E-state index contributed by atoms with van der Waals surface area (Å²) in [7, 11) is 0. The number of aromatic nitrogens is 4. The Morgan fingerprint density at radius 1 is 0.373 bits per heavy atom. The minimum absolute atomic E-state index is 0.173. The van der Waals surface area contributed by atoms with Crippen LogP contribution in [-0.2, 0) is 5.41 Å². The van der Waals surface area contributed by atoms with E-state index in [0.717, 1.165) is 61.8 Å². The van der Waals surface area contributed by atoms with Crippen molar-refractivity contribution in [2.75, 3.05) is 0 Å². The summed E-state index contributed by atoms with van der Waals surface area (Å²) in [6.07, 6.45) is 9.82. The minimum Gasteiger partial charge on any atom is -0.309 e. The molecule has 67 heavy (non-hydrogen) atoms. The Balaban J connectivity index is 1.01. The number of hydrogen-bond donors (Lipinski definition) is 0. The average molecular weight is 857 g/mol. The van der Waals surface area contributed by atoms with Gasteiger partial charge in [0.2, 0.25) is 0 Å². The van der Waals surface area contributed by atoms with Gasteiger partial charge in [-0.05, 0) is 121 Å². The van der Waals surface area contributed by atoms with E-state index in [9.17, 15) is 0 Å². The third kappa shape index (κ3) is 6.25.